The second kappa shape index (κ2) is 5.73. The molecule has 1 heterocycles. The van der Waals surface area contributed by atoms with Crippen LogP contribution in [0, 0.1) is 16.7 Å². The minimum absolute atomic E-state index is 0.154. The summed E-state index contributed by atoms with van der Waals surface area (Å²) < 4.78 is 0. The molecular formula is C17H26N4O2S. The lowest BCUT2D eigenvalue weighted by Crippen LogP contribution is -2.63. The zero-order valence-electron chi connectivity index (χ0n) is 14.2. The molecular weight excluding hydrogens is 324 g/mol. The number of nitrogens with zero attached hydrogens (tertiary/aromatic N) is 2. The second-order valence-electron chi connectivity index (χ2n) is 8.26. The van der Waals surface area contributed by atoms with Gasteiger partial charge in [0.25, 0.3) is 0 Å². The Hall–Kier alpha value is -1.08. The minimum Gasteiger partial charge on any atom is -0.390 e. The van der Waals surface area contributed by atoms with E-state index in [1.807, 2.05) is 0 Å². The van der Waals surface area contributed by atoms with Crippen molar-refractivity contribution >= 4 is 17.7 Å². The fourth-order valence-electron chi connectivity index (χ4n) is 6.00. The molecule has 1 aromatic heterocycles. The van der Waals surface area contributed by atoms with E-state index in [4.69, 9.17) is 0 Å². The third-order valence-corrected chi connectivity index (χ3v) is 7.28. The average Bonchev–Trinajstić information content (AvgIpc) is 3.02. The summed E-state index contributed by atoms with van der Waals surface area (Å²) in [6, 6.07) is 0. The first-order chi connectivity index (χ1) is 11.5. The Balaban J connectivity index is 1.40. The first kappa shape index (κ1) is 16.4. The Bertz CT molecular complexity index is 624. The third kappa shape index (κ3) is 2.75. The van der Waals surface area contributed by atoms with E-state index in [9.17, 15) is 9.90 Å². The molecule has 3 N–H and O–H groups in total. The highest BCUT2D eigenvalue weighted by Gasteiger charge is 2.64. The van der Waals surface area contributed by atoms with Crippen molar-refractivity contribution in [1.82, 2.24) is 20.5 Å². The van der Waals surface area contributed by atoms with Crippen LogP contribution in [0.1, 0.15) is 51.9 Å². The number of hydrogen-bond acceptors (Lipinski definition) is 5. The van der Waals surface area contributed by atoms with Gasteiger partial charge in [-0.1, -0.05) is 25.1 Å². The number of amides is 1. The lowest BCUT2D eigenvalue weighted by Gasteiger charge is -2.64. The molecule has 0 radical (unpaired) electrons. The van der Waals surface area contributed by atoms with Gasteiger partial charge in [-0.2, -0.15) is 5.10 Å². The van der Waals surface area contributed by atoms with Crippen molar-refractivity contribution < 1.29 is 9.90 Å². The zero-order chi connectivity index (χ0) is 16.8. The lowest BCUT2D eigenvalue weighted by molar-refractivity contribution is -0.204. The Morgan fingerprint density at radius 3 is 3.00 bits per heavy atom. The van der Waals surface area contributed by atoms with E-state index in [-0.39, 0.29) is 16.7 Å². The highest BCUT2D eigenvalue weighted by Crippen LogP contribution is 2.67. The maximum atomic E-state index is 13.0. The number of carbonyl (C=O) groups excluding carboxylic acids is 1. The van der Waals surface area contributed by atoms with Crippen molar-refractivity contribution in [2.45, 2.75) is 62.6 Å². The standard InChI is InChI=1S/C17H26N4O2S/c1-2-15-5-12-6-16(8-15,10-17(23,7-12)9-15)13(22)18-3-4-24-14-19-11-20-21-14/h11-12,23H,2-10H2,1H3,(H,18,22)(H,19,20,21)/t12-,15-,16-,17-/m1/s1. The van der Waals surface area contributed by atoms with Crippen LogP contribution in [0.25, 0.3) is 0 Å². The Morgan fingerprint density at radius 2 is 2.29 bits per heavy atom. The second-order valence-corrected chi connectivity index (χ2v) is 9.35. The fourth-order valence-corrected chi connectivity index (χ4v) is 6.63. The van der Waals surface area contributed by atoms with Crippen LogP contribution in [-0.4, -0.2) is 44.1 Å². The van der Waals surface area contributed by atoms with Gasteiger partial charge in [-0.25, -0.2) is 4.98 Å². The normalized spacial score (nSPS) is 40.0. The molecule has 4 saturated carbocycles. The summed E-state index contributed by atoms with van der Waals surface area (Å²) in [5.74, 6) is 1.44. The molecule has 0 spiro atoms. The summed E-state index contributed by atoms with van der Waals surface area (Å²) in [5, 5.41) is 21.5. The van der Waals surface area contributed by atoms with Gasteiger partial charge in [0, 0.05) is 12.3 Å². The molecule has 4 fully saturated rings. The fraction of sp³-hybridized carbons (Fsp3) is 0.824. The summed E-state index contributed by atoms with van der Waals surface area (Å²) in [5.41, 5.74) is -0.775. The quantitative estimate of drug-likeness (QED) is 0.540. The van der Waals surface area contributed by atoms with Gasteiger partial charge in [0.15, 0.2) is 5.16 Å². The molecule has 4 bridgehead atoms. The molecule has 6 nitrogen and oxygen atoms in total. The van der Waals surface area contributed by atoms with Crippen molar-refractivity contribution in [2.24, 2.45) is 16.7 Å². The molecule has 1 amide bonds. The molecule has 4 atom stereocenters. The van der Waals surface area contributed by atoms with E-state index in [1.165, 1.54) is 12.7 Å². The molecule has 4 aliphatic carbocycles. The predicted octanol–water partition coefficient (Wildman–Crippen LogP) is 2.12. The van der Waals surface area contributed by atoms with Gasteiger partial charge in [-0.15, -0.1) is 0 Å². The van der Waals surface area contributed by atoms with Crippen molar-refractivity contribution in [2.75, 3.05) is 12.3 Å². The highest BCUT2D eigenvalue weighted by atomic mass is 32.2. The van der Waals surface area contributed by atoms with Crippen LogP contribution in [-0.2, 0) is 4.79 Å². The molecule has 4 aliphatic rings. The molecule has 1 aromatic rings. The van der Waals surface area contributed by atoms with Gasteiger partial charge in [-0.3, -0.25) is 9.89 Å². The van der Waals surface area contributed by atoms with Gasteiger partial charge in [-0.05, 0) is 49.9 Å². The van der Waals surface area contributed by atoms with Crippen molar-refractivity contribution in [1.29, 1.82) is 0 Å². The minimum atomic E-state index is -0.610. The summed E-state index contributed by atoms with van der Waals surface area (Å²) in [7, 11) is 0. The van der Waals surface area contributed by atoms with Gasteiger partial charge in [0.1, 0.15) is 6.33 Å². The maximum absolute atomic E-state index is 13.0. The van der Waals surface area contributed by atoms with Crippen molar-refractivity contribution in [3.63, 3.8) is 0 Å². The monoisotopic (exact) mass is 350 g/mol. The number of aliphatic hydroxyl groups is 1. The number of nitrogens with one attached hydrogen (secondary N) is 2. The number of aromatic amines is 1. The first-order valence-electron chi connectivity index (χ1n) is 8.96. The van der Waals surface area contributed by atoms with Gasteiger partial charge >= 0.3 is 0 Å². The van der Waals surface area contributed by atoms with Crippen LogP contribution in [0.2, 0.25) is 0 Å². The van der Waals surface area contributed by atoms with Crippen LogP contribution in [0.5, 0.6) is 0 Å². The summed E-state index contributed by atoms with van der Waals surface area (Å²) in [6.07, 6.45) is 8.11. The maximum Gasteiger partial charge on any atom is 0.226 e. The third-order valence-electron chi connectivity index (χ3n) is 6.41. The van der Waals surface area contributed by atoms with Crippen LogP contribution < -0.4 is 5.32 Å². The Kier molecular flexibility index (Phi) is 3.91. The number of thioether (sulfide) groups is 1. The molecule has 0 aromatic carbocycles. The number of carbonyl (C=O) groups is 1. The van der Waals surface area contributed by atoms with Crippen LogP contribution in [0.15, 0.2) is 11.5 Å². The number of rotatable bonds is 6. The van der Waals surface area contributed by atoms with Gasteiger partial charge in [0.2, 0.25) is 5.91 Å². The Labute approximate surface area is 146 Å². The molecule has 7 heteroatoms. The van der Waals surface area contributed by atoms with E-state index >= 15 is 0 Å². The molecule has 5 rings (SSSR count). The zero-order valence-corrected chi connectivity index (χ0v) is 15.0. The van der Waals surface area contributed by atoms with E-state index in [2.05, 4.69) is 27.4 Å². The van der Waals surface area contributed by atoms with Gasteiger partial charge in [0.05, 0.1) is 11.0 Å². The van der Waals surface area contributed by atoms with E-state index in [0.29, 0.717) is 18.9 Å². The highest BCUT2D eigenvalue weighted by molar-refractivity contribution is 7.99. The molecule has 132 valence electrons. The molecule has 0 aliphatic heterocycles. The predicted molar refractivity (Wildman–Crippen MR) is 91.4 cm³/mol. The van der Waals surface area contributed by atoms with E-state index in [1.54, 1.807) is 11.8 Å². The summed E-state index contributed by atoms with van der Waals surface area (Å²) in [6.45, 7) is 2.84. The Morgan fingerprint density at radius 1 is 1.42 bits per heavy atom. The SMILES string of the molecule is CC[C@]12C[C@H]3C[C@@](O)(C1)C[C@@](C(=O)NCCSc1ncn[nH]1)(C3)C2. The van der Waals surface area contributed by atoms with E-state index in [0.717, 1.165) is 43.0 Å². The molecule has 0 unspecified atom stereocenters. The lowest BCUT2D eigenvalue weighted by atomic mass is 9.42. The molecule has 0 saturated heterocycles. The van der Waals surface area contributed by atoms with Gasteiger partial charge < -0.3 is 10.4 Å². The summed E-state index contributed by atoms with van der Waals surface area (Å²) in [4.78, 5) is 17.1. The topological polar surface area (TPSA) is 90.9 Å². The smallest absolute Gasteiger partial charge is 0.226 e. The van der Waals surface area contributed by atoms with E-state index < -0.39 is 5.60 Å². The average molecular weight is 350 g/mol. The summed E-state index contributed by atoms with van der Waals surface area (Å²) >= 11 is 1.56. The van der Waals surface area contributed by atoms with Crippen molar-refractivity contribution in [3.05, 3.63) is 6.33 Å². The first-order valence-corrected chi connectivity index (χ1v) is 9.94. The number of aromatic nitrogens is 3. The van der Waals surface area contributed by atoms with Crippen molar-refractivity contribution in [3.8, 4) is 0 Å². The largest absolute Gasteiger partial charge is 0.390 e. The van der Waals surface area contributed by atoms with Crippen LogP contribution >= 0.6 is 11.8 Å². The number of hydrogen-bond donors (Lipinski definition) is 3. The van der Waals surface area contributed by atoms with Crippen LogP contribution in [0.4, 0.5) is 0 Å². The van der Waals surface area contributed by atoms with Crippen LogP contribution in [0.3, 0.4) is 0 Å². The number of H-pyrrole nitrogens is 1. The molecule has 24 heavy (non-hydrogen) atoms.